The first-order valence-electron chi connectivity index (χ1n) is 4.28. The lowest BCUT2D eigenvalue weighted by Gasteiger charge is -2.11. The Morgan fingerprint density at radius 3 is 2.31 bits per heavy atom. The Bertz CT molecular complexity index is 295. The van der Waals surface area contributed by atoms with Crippen LogP contribution in [0.4, 0.5) is 8.78 Å². The summed E-state index contributed by atoms with van der Waals surface area (Å²) in [5.74, 6) is 0.0945. The zero-order valence-corrected chi connectivity index (χ0v) is 8.01. The van der Waals surface area contributed by atoms with Gasteiger partial charge in [-0.1, -0.05) is 19.9 Å². The van der Waals surface area contributed by atoms with E-state index >= 15 is 0 Å². The number of hydrogen-bond donors (Lipinski definition) is 0. The van der Waals surface area contributed by atoms with Crippen LogP contribution in [-0.2, 0) is 0 Å². The number of rotatable bonds is 2. The number of nitrogens with zero attached hydrogens (tertiary/aromatic N) is 1. The van der Waals surface area contributed by atoms with Gasteiger partial charge in [-0.15, -0.1) is 0 Å². The van der Waals surface area contributed by atoms with E-state index in [2.05, 4.69) is 4.98 Å². The Morgan fingerprint density at radius 1 is 1.23 bits per heavy atom. The summed E-state index contributed by atoms with van der Waals surface area (Å²) in [6.07, 6.45) is -2.47. The molecule has 13 heavy (non-hydrogen) atoms. The van der Waals surface area contributed by atoms with Crippen molar-refractivity contribution in [1.82, 2.24) is 4.98 Å². The van der Waals surface area contributed by atoms with E-state index in [1.54, 1.807) is 19.1 Å². The maximum absolute atomic E-state index is 12.5. The molecule has 0 N–H and O–H groups in total. The van der Waals surface area contributed by atoms with Gasteiger partial charge in [-0.25, -0.2) is 8.78 Å². The van der Waals surface area contributed by atoms with E-state index in [9.17, 15) is 8.78 Å². The SMILES string of the molecule is Cc1ccc(C(C)C)c(C(F)F)n1. The summed E-state index contributed by atoms with van der Waals surface area (Å²) in [6, 6.07) is 3.50. The third-order valence-electron chi connectivity index (χ3n) is 1.93. The van der Waals surface area contributed by atoms with Crippen molar-refractivity contribution in [3.63, 3.8) is 0 Å². The van der Waals surface area contributed by atoms with E-state index in [-0.39, 0.29) is 11.6 Å². The van der Waals surface area contributed by atoms with Gasteiger partial charge in [-0.05, 0) is 24.5 Å². The van der Waals surface area contributed by atoms with Gasteiger partial charge >= 0.3 is 0 Å². The average Bonchev–Trinajstić information content (AvgIpc) is 2.03. The minimum Gasteiger partial charge on any atom is -0.252 e. The molecule has 1 aromatic rings. The van der Waals surface area contributed by atoms with Gasteiger partial charge in [-0.3, -0.25) is 4.98 Å². The maximum Gasteiger partial charge on any atom is 0.280 e. The van der Waals surface area contributed by atoms with Crippen LogP contribution in [0.2, 0.25) is 0 Å². The Morgan fingerprint density at radius 2 is 1.85 bits per heavy atom. The van der Waals surface area contributed by atoms with Gasteiger partial charge in [-0.2, -0.15) is 0 Å². The normalized spacial score (nSPS) is 11.3. The highest BCUT2D eigenvalue weighted by Gasteiger charge is 2.16. The van der Waals surface area contributed by atoms with Crippen LogP contribution in [-0.4, -0.2) is 4.98 Å². The van der Waals surface area contributed by atoms with Crippen molar-refractivity contribution in [3.05, 3.63) is 29.1 Å². The highest BCUT2D eigenvalue weighted by molar-refractivity contribution is 5.26. The van der Waals surface area contributed by atoms with Crippen molar-refractivity contribution in [3.8, 4) is 0 Å². The van der Waals surface area contributed by atoms with Crippen LogP contribution < -0.4 is 0 Å². The van der Waals surface area contributed by atoms with Crippen LogP contribution in [0.3, 0.4) is 0 Å². The lowest BCUT2D eigenvalue weighted by molar-refractivity contribution is 0.144. The summed E-state index contributed by atoms with van der Waals surface area (Å²) in [4.78, 5) is 3.84. The second-order valence-electron chi connectivity index (χ2n) is 3.38. The Hall–Kier alpha value is -0.990. The predicted octanol–water partition coefficient (Wildman–Crippen LogP) is 3.45. The highest BCUT2D eigenvalue weighted by Crippen LogP contribution is 2.26. The molecule has 0 atom stereocenters. The van der Waals surface area contributed by atoms with Gasteiger partial charge in [0.05, 0.1) is 0 Å². The Kier molecular flexibility index (Phi) is 2.96. The molecule has 3 heteroatoms. The summed E-state index contributed by atoms with van der Waals surface area (Å²) in [7, 11) is 0. The second-order valence-corrected chi connectivity index (χ2v) is 3.38. The number of aromatic nitrogens is 1. The van der Waals surface area contributed by atoms with E-state index in [1.807, 2.05) is 13.8 Å². The summed E-state index contributed by atoms with van der Waals surface area (Å²) in [6.45, 7) is 5.49. The third kappa shape index (κ3) is 2.23. The van der Waals surface area contributed by atoms with Gasteiger partial charge in [0.2, 0.25) is 0 Å². The molecule has 1 heterocycles. The molecule has 0 aromatic carbocycles. The molecule has 0 aliphatic carbocycles. The summed E-state index contributed by atoms with van der Waals surface area (Å²) in [5.41, 5.74) is 1.20. The van der Waals surface area contributed by atoms with Crippen molar-refractivity contribution in [2.45, 2.75) is 33.1 Å². The topological polar surface area (TPSA) is 12.9 Å². The second kappa shape index (κ2) is 3.81. The zero-order valence-electron chi connectivity index (χ0n) is 8.01. The summed E-state index contributed by atoms with van der Waals surface area (Å²) < 4.78 is 25.0. The first-order chi connectivity index (χ1) is 6.02. The van der Waals surface area contributed by atoms with Crippen molar-refractivity contribution in [2.75, 3.05) is 0 Å². The van der Waals surface area contributed by atoms with Crippen LogP contribution in [0, 0.1) is 6.92 Å². The fourth-order valence-corrected chi connectivity index (χ4v) is 1.25. The molecule has 0 saturated carbocycles. The van der Waals surface area contributed by atoms with Gasteiger partial charge in [0.1, 0.15) is 5.69 Å². The number of aryl methyl sites for hydroxylation is 1. The molecule has 0 aliphatic heterocycles. The lowest BCUT2D eigenvalue weighted by atomic mass is 10.0. The molecule has 0 aliphatic rings. The van der Waals surface area contributed by atoms with Crippen molar-refractivity contribution >= 4 is 0 Å². The molecule has 0 unspecified atom stereocenters. The standard InChI is InChI=1S/C10H13F2N/c1-6(2)8-5-4-7(3)13-9(8)10(11)12/h4-6,10H,1-3H3. The largest absolute Gasteiger partial charge is 0.280 e. The molecule has 0 spiro atoms. The van der Waals surface area contributed by atoms with Crippen molar-refractivity contribution in [2.24, 2.45) is 0 Å². The van der Waals surface area contributed by atoms with Crippen LogP contribution >= 0.6 is 0 Å². The minimum absolute atomic E-state index is 0.0741. The molecule has 0 saturated heterocycles. The average molecular weight is 185 g/mol. The number of halogens is 2. The van der Waals surface area contributed by atoms with Gasteiger partial charge in [0, 0.05) is 5.69 Å². The Balaban J connectivity index is 3.19. The highest BCUT2D eigenvalue weighted by atomic mass is 19.3. The molecule has 0 radical (unpaired) electrons. The third-order valence-corrected chi connectivity index (χ3v) is 1.93. The molecule has 72 valence electrons. The maximum atomic E-state index is 12.5. The molecular formula is C10H13F2N. The van der Waals surface area contributed by atoms with Crippen LogP contribution in [0.5, 0.6) is 0 Å². The first-order valence-corrected chi connectivity index (χ1v) is 4.28. The number of hydrogen-bond acceptors (Lipinski definition) is 1. The molecule has 0 fully saturated rings. The van der Waals surface area contributed by atoms with E-state index in [0.717, 1.165) is 0 Å². The molecule has 0 bridgehead atoms. The van der Waals surface area contributed by atoms with Gasteiger partial charge in [0.15, 0.2) is 0 Å². The molecular weight excluding hydrogens is 172 g/mol. The van der Waals surface area contributed by atoms with Crippen LogP contribution in [0.15, 0.2) is 12.1 Å². The zero-order chi connectivity index (χ0) is 10.0. The number of alkyl halides is 2. The monoisotopic (exact) mass is 185 g/mol. The van der Waals surface area contributed by atoms with Crippen LogP contribution in [0.1, 0.15) is 43.1 Å². The summed E-state index contributed by atoms with van der Waals surface area (Å²) in [5, 5.41) is 0. The molecule has 1 aromatic heterocycles. The van der Waals surface area contributed by atoms with Gasteiger partial charge < -0.3 is 0 Å². The lowest BCUT2D eigenvalue weighted by Crippen LogP contribution is -2.01. The number of pyridine rings is 1. The van der Waals surface area contributed by atoms with E-state index in [0.29, 0.717) is 11.3 Å². The molecule has 0 amide bonds. The van der Waals surface area contributed by atoms with Crippen LogP contribution in [0.25, 0.3) is 0 Å². The minimum atomic E-state index is -2.47. The molecule has 1 rings (SSSR count). The van der Waals surface area contributed by atoms with E-state index < -0.39 is 6.43 Å². The smallest absolute Gasteiger partial charge is 0.252 e. The van der Waals surface area contributed by atoms with Crippen molar-refractivity contribution < 1.29 is 8.78 Å². The fourth-order valence-electron chi connectivity index (χ4n) is 1.25. The molecule has 1 nitrogen and oxygen atoms in total. The van der Waals surface area contributed by atoms with E-state index in [1.165, 1.54) is 0 Å². The predicted molar refractivity (Wildman–Crippen MR) is 48.0 cm³/mol. The Labute approximate surface area is 76.8 Å². The fraction of sp³-hybridized carbons (Fsp3) is 0.500. The van der Waals surface area contributed by atoms with Crippen molar-refractivity contribution in [1.29, 1.82) is 0 Å². The summed E-state index contributed by atoms with van der Waals surface area (Å²) >= 11 is 0. The quantitative estimate of drug-likeness (QED) is 0.687. The van der Waals surface area contributed by atoms with E-state index in [4.69, 9.17) is 0 Å². The van der Waals surface area contributed by atoms with Gasteiger partial charge in [0.25, 0.3) is 6.43 Å². The first kappa shape index (κ1) is 10.1.